The van der Waals surface area contributed by atoms with Crippen LogP contribution < -0.4 is 0 Å². The summed E-state index contributed by atoms with van der Waals surface area (Å²) in [7, 11) is 0. The maximum absolute atomic E-state index is 13.2. The van der Waals surface area contributed by atoms with Gasteiger partial charge in [-0.1, -0.05) is 11.6 Å². The fourth-order valence-corrected chi connectivity index (χ4v) is 3.28. The van der Waals surface area contributed by atoms with E-state index in [9.17, 15) is 9.18 Å². The van der Waals surface area contributed by atoms with E-state index in [1.54, 1.807) is 16.8 Å². The Bertz CT molecular complexity index is 809. The first-order valence-electron chi connectivity index (χ1n) is 6.05. The van der Waals surface area contributed by atoms with Crippen LogP contribution in [-0.2, 0) is 6.54 Å². The Morgan fingerprint density at radius 1 is 1.45 bits per heavy atom. The average molecular weight is 309 g/mol. The Hall–Kier alpha value is -1.72. The molecular formula is C14H10ClFN2OS. The minimum atomic E-state index is -0.314. The minimum absolute atomic E-state index is 0.184. The van der Waals surface area contributed by atoms with Gasteiger partial charge in [-0.05, 0) is 36.6 Å². The predicted octanol–water partition coefficient (Wildman–Crippen LogP) is 4.14. The summed E-state index contributed by atoms with van der Waals surface area (Å²) in [5, 5.41) is 5.11. The standard InChI is InChI=1S/C14H10ClFN2OS/c1-2-18-13(10(15)7-17-18)14(19)12-6-8-5-9(16)3-4-11(8)20-12/h3-7H,2H2,1H3. The summed E-state index contributed by atoms with van der Waals surface area (Å²) in [6.45, 7) is 2.45. The van der Waals surface area contributed by atoms with E-state index < -0.39 is 0 Å². The van der Waals surface area contributed by atoms with E-state index in [-0.39, 0.29) is 11.6 Å². The van der Waals surface area contributed by atoms with Crippen molar-refractivity contribution in [3.05, 3.63) is 51.9 Å². The van der Waals surface area contributed by atoms with Crippen LogP contribution in [0.3, 0.4) is 0 Å². The fraction of sp³-hybridized carbons (Fsp3) is 0.143. The van der Waals surface area contributed by atoms with E-state index in [0.717, 1.165) is 10.1 Å². The molecule has 0 bridgehead atoms. The van der Waals surface area contributed by atoms with E-state index in [0.29, 0.717) is 22.1 Å². The molecule has 0 saturated heterocycles. The molecule has 0 unspecified atom stereocenters. The molecule has 0 saturated carbocycles. The van der Waals surface area contributed by atoms with Crippen LogP contribution in [-0.4, -0.2) is 15.6 Å². The zero-order valence-corrected chi connectivity index (χ0v) is 12.1. The molecule has 20 heavy (non-hydrogen) atoms. The molecule has 1 aromatic carbocycles. The number of nitrogens with zero attached hydrogens (tertiary/aromatic N) is 2. The first-order chi connectivity index (χ1) is 9.60. The number of halogens is 2. The van der Waals surface area contributed by atoms with Crippen molar-refractivity contribution in [3.63, 3.8) is 0 Å². The molecule has 2 aromatic heterocycles. The molecule has 6 heteroatoms. The van der Waals surface area contributed by atoms with Crippen LogP contribution in [0.15, 0.2) is 30.5 Å². The molecule has 102 valence electrons. The molecule has 2 heterocycles. The third-order valence-corrected chi connectivity index (χ3v) is 4.40. The number of fused-ring (bicyclic) bond motifs is 1. The van der Waals surface area contributed by atoms with Gasteiger partial charge in [0, 0.05) is 11.2 Å². The number of thiophene rings is 1. The zero-order chi connectivity index (χ0) is 14.3. The van der Waals surface area contributed by atoms with Gasteiger partial charge in [0.05, 0.1) is 16.1 Å². The number of aromatic nitrogens is 2. The number of carbonyl (C=O) groups excluding carboxylic acids is 1. The monoisotopic (exact) mass is 308 g/mol. The van der Waals surface area contributed by atoms with Gasteiger partial charge in [-0.25, -0.2) is 4.39 Å². The summed E-state index contributed by atoms with van der Waals surface area (Å²) in [6, 6.07) is 6.16. The quantitative estimate of drug-likeness (QED) is 0.682. The first-order valence-corrected chi connectivity index (χ1v) is 7.24. The molecule has 0 amide bonds. The van der Waals surface area contributed by atoms with Gasteiger partial charge in [0.2, 0.25) is 5.78 Å². The molecule has 0 aliphatic carbocycles. The van der Waals surface area contributed by atoms with Crippen molar-refractivity contribution >= 4 is 38.8 Å². The van der Waals surface area contributed by atoms with E-state index in [1.807, 2.05) is 6.92 Å². The van der Waals surface area contributed by atoms with Gasteiger partial charge < -0.3 is 0 Å². The summed E-state index contributed by atoms with van der Waals surface area (Å²) >= 11 is 7.36. The summed E-state index contributed by atoms with van der Waals surface area (Å²) in [5.41, 5.74) is 0.376. The summed E-state index contributed by atoms with van der Waals surface area (Å²) in [4.78, 5) is 13.1. The van der Waals surface area contributed by atoms with Crippen LogP contribution in [0, 0.1) is 5.82 Å². The van der Waals surface area contributed by atoms with Gasteiger partial charge in [0.25, 0.3) is 0 Å². The second kappa shape index (κ2) is 5.00. The molecular weight excluding hydrogens is 299 g/mol. The Labute approximate surface area is 123 Å². The second-order valence-corrected chi connectivity index (χ2v) is 5.77. The lowest BCUT2D eigenvalue weighted by Gasteiger charge is -2.02. The average Bonchev–Trinajstić information content (AvgIpc) is 3.00. The van der Waals surface area contributed by atoms with E-state index in [4.69, 9.17) is 11.6 Å². The lowest BCUT2D eigenvalue weighted by Crippen LogP contribution is -2.09. The van der Waals surface area contributed by atoms with Gasteiger partial charge in [-0.2, -0.15) is 5.10 Å². The van der Waals surface area contributed by atoms with Gasteiger partial charge in [-0.3, -0.25) is 9.48 Å². The maximum Gasteiger partial charge on any atom is 0.222 e. The van der Waals surface area contributed by atoms with Crippen molar-refractivity contribution in [1.29, 1.82) is 0 Å². The van der Waals surface area contributed by atoms with Crippen molar-refractivity contribution in [2.24, 2.45) is 0 Å². The number of benzene rings is 1. The molecule has 0 atom stereocenters. The third-order valence-electron chi connectivity index (χ3n) is 3.01. The van der Waals surface area contributed by atoms with Crippen molar-refractivity contribution in [2.45, 2.75) is 13.5 Å². The smallest absolute Gasteiger partial charge is 0.222 e. The molecule has 0 fully saturated rings. The van der Waals surface area contributed by atoms with Crippen LogP contribution in [0.2, 0.25) is 5.02 Å². The van der Waals surface area contributed by atoms with E-state index in [1.165, 1.54) is 29.7 Å². The number of ketones is 1. The normalized spacial score (nSPS) is 11.2. The highest BCUT2D eigenvalue weighted by Gasteiger charge is 2.20. The zero-order valence-electron chi connectivity index (χ0n) is 10.6. The number of hydrogen-bond donors (Lipinski definition) is 0. The van der Waals surface area contributed by atoms with Crippen LogP contribution in [0.4, 0.5) is 4.39 Å². The summed E-state index contributed by atoms with van der Waals surface area (Å²) < 4.78 is 15.6. The number of hydrogen-bond acceptors (Lipinski definition) is 3. The molecule has 0 spiro atoms. The van der Waals surface area contributed by atoms with E-state index in [2.05, 4.69) is 5.10 Å². The predicted molar refractivity (Wildman–Crippen MR) is 78.1 cm³/mol. The van der Waals surface area contributed by atoms with Gasteiger partial charge in [-0.15, -0.1) is 11.3 Å². The van der Waals surface area contributed by atoms with Crippen LogP contribution in [0.1, 0.15) is 22.3 Å². The van der Waals surface area contributed by atoms with E-state index >= 15 is 0 Å². The molecule has 3 rings (SSSR count). The summed E-state index contributed by atoms with van der Waals surface area (Å²) in [6.07, 6.45) is 1.46. The molecule has 3 nitrogen and oxygen atoms in total. The Balaban J connectivity index is 2.10. The number of aryl methyl sites for hydroxylation is 1. The van der Waals surface area contributed by atoms with Gasteiger partial charge in [0.15, 0.2) is 0 Å². The molecule has 0 aliphatic rings. The Kier molecular flexibility index (Phi) is 3.31. The fourth-order valence-electron chi connectivity index (χ4n) is 2.07. The van der Waals surface area contributed by atoms with Crippen molar-refractivity contribution in [2.75, 3.05) is 0 Å². The van der Waals surface area contributed by atoms with Gasteiger partial charge in [0.1, 0.15) is 11.5 Å². The highest BCUT2D eigenvalue weighted by molar-refractivity contribution is 7.21. The maximum atomic E-state index is 13.2. The van der Waals surface area contributed by atoms with Crippen LogP contribution in [0.25, 0.3) is 10.1 Å². The lowest BCUT2D eigenvalue weighted by atomic mass is 10.2. The second-order valence-electron chi connectivity index (χ2n) is 4.28. The topological polar surface area (TPSA) is 34.9 Å². The number of rotatable bonds is 3. The highest BCUT2D eigenvalue weighted by Crippen LogP contribution is 2.29. The highest BCUT2D eigenvalue weighted by atomic mass is 35.5. The SMILES string of the molecule is CCn1ncc(Cl)c1C(=O)c1cc2cc(F)ccc2s1. The Morgan fingerprint density at radius 2 is 2.25 bits per heavy atom. The lowest BCUT2D eigenvalue weighted by molar-refractivity contribution is 0.103. The first kappa shape index (κ1) is 13.3. The largest absolute Gasteiger partial charge is 0.286 e. The molecule has 0 aliphatic heterocycles. The van der Waals surface area contributed by atoms with Crippen LogP contribution in [0.5, 0.6) is 0 Å². The summed E-state index contributed by atoms with van der Waals surface area (Å²) in [5.74, 6) is -0.498. The molecule has 0 N–H and O–H groups in total. The number of carbonyl (C=O) groups is 1. The molecule has 0 radical (unpaired) electrons. The third kappa shape index (κ3) is 2.13. The molecule has 3 aromatic rings. The minimum Gasteiger partial charge on any atom is -0.286 e. The van der Waals surface area contributed by atoms with Crippen molar-refractivity contribution in [3.8, 4) is 0 Å². The van der Waals surface area contributed by atoms with Crippen LogP contribution >= 0.6 is 22.9 Å². The van der Waals surface area contributed by atoms with Crippen molar-refractivity contribution < 1.29 is 9.18 Å². The van der Waals surface area contributed by atoms with Crippen molar-refractivity contribution in [1.82, 2.24) is 9.78 Å². The Morgan fingerprint density at radius 3 is 3.00 bits per heavy atom. The van der Waals surface area contributed by atoms with Gasteiger partial charge >= 0.3 is 0 Å².